The van der Waals surface area contributed by atoms with Gasteiger partial charge in [0.15, 0.2) is 0 Å². The lowest BCUT2D eigenvalue weighted by atomic mass is 9.81. The second-order valence-electron chi connectivity index (χ2n) is 7.32. The third kappa shape index (κ3) is 4.50. The van der Waals surface area contributed by atoms with Crippen LogP contribution in [0.1, 0.15) is 30.0 Å². The number of fused-ring (bicyclic) bond motifs is 1. The average Bonchev–Trinajstić information content (AvgIpc) is 3.08. The minimum Gasteiger partial charge on any atom is -0.406 e. The zero-order chi connectivity index (χ0) is 21.1. The Hall–Kier alpha value is -3.22. The molecule has 0 spiro atoms. The number of nitrogens with zero attached hydrogens (tertiary/aromatic N) is 1. The zero-order valence-corrected chi connectivity index (χ0v) is 16.1. The van der Waals surface area contributed by atoms with Gasteiger partial charge in [-0.3, -0.25) is 4.79 Å². The van der Waals surface area contributed by atoms with Gasteiger partial charge in [0.2, 0.25) is 5.91 Å². The van der Waals surface area contributed by atoms with Gasteiger partial charge in [0.25, 0.3) is 0 Å². The van der Waals surface area contributed by atoms with Crippen LogP contribution >= 0.6 is 0 Å². The molecule has 1 aliphatic rings. The molecule has 1 aliphatic heterocycles. The molecule has 2 atom stereocenters. The number of aromatic nitrogens is 1. The monoisotopic (exact) mass is 414 g/mol. The molecular weight excluding hydrogens is 393 g/mol. The maximum Gasteiger partial charge on any atom is 0.573 e. The summed E-state index contributed by atoms with van der Waals surface area (Å²) in [5.74, 6) is -0.871. The van der Waals surface area contributed by atoms with E-state index in [0.29, 0.717) is 12.1 Å². The van der Waals surface area contributed by atoms with Crippen molar-refractivity contribution < 1.29 is 22.7 Å². The van der Waals surface area contributed by atoms with Crippen molar-refractivity contribution in [2.75, 3.05) is 5.32 Å². The second-order valence-corrected chi connectivity index (χ2v) is 7.32. The van der Waals surface area contributed by atoms with Gasteiger partial charge >= 0.3 is 6.36 Å². The summed E-state index contributed by atoms with van der Waals surface area (Å²) >= 11 is 0. The fraction of sp³-hybridized carbons (Fsp3) is 0.261. The molecule has 2 aromatic carbocycles. The van der Waals surface area contributed by atoms with Gasteiger partial charge in [0, 0.05) is 30.0 Å². The number of hydrogen-bond acceptors (Lipinski definition) is 2. The maximum absolute atomic E-state index is 13.2. The molecular formula is C23H21F3N2O2. The van der Waals surface area contributed by atoms with Crippen LogP contribution < -0.4 is 10.1 Å². The summed E-state index contributed by atoms with van der Waals surface area (Å²) in [5.41, 5.74) is 2.59. The highest BCUT2D eigenvalue weighted by atomic mass is 19.4. The van der Waals surface area contributed by atoms with Crippen molar-refractivity contribution in [1.82, 2.24) is 4.57 Å². The molecule has 4 nitrogen and oxygen atoms in total. The van der Waals surface area contributed by atoms with Crippen molar-refractivity contribution in [3.05, 3.63) is 84.2 Å². The molecule has 0 saturated heterocycles. The standard InChI is InChI=1S/C23H21F3N2O2/c24-23(25,26)30-18-12-10-17(11-13-18)27-22(29)19-8-4-14-28-15-5-9-20(28)21(19)16-6-2-1-3-7-16/h1-3,5-7,9-13,15,19,21H,4,8,14H2,(H,27,29). The average molecular weight is 414 g/mol. The quantitative estimate of drug-likeness (QED) is 0.607. The number of halogens is 3. The number of ether oxygens (including phenoxy) is 1. The van der Waals surface area contributed by atoms with Gasteiger partial charge in [-0.2, -0.15) is 0 Å². The van der Waals surface area contributed by atoms with Crippen molar-refractivity contribution in [3.63, 3.8) is 0 Å². The molecule has 1 N–H and O–H groups in total. The molecule has 4 rings (SSSR count). The fourth-order valence-corrected chi connectivity index (χ4v) is 4.09. The Labute approximate surface area is 172 Å². The van der Waals surface area contributed by atoms with Crippen molar-refractivity contribution >= 4 is 11.6 Å². The molecule has 0 bridgehead atoms. The first-order valence-corrected chi connectivity index (χ1v) is 9.77. The van der Waals surface area contributed by atoms with E-state index in [-0.39, 0.29) is 23.5 Å². The van der Waals surface area contributed by atoms with E-state index in [1.807, 2.05) is 48.7 Å². The van der Waals surface area contributed by atoms with Crippen LogP contribution in [0.15, 0.2) is 72.9 Å². The summed E-state index contributed by atoms with van der Waals surface area (Å²) in [5, 5.41) is 2.87. The lowest BCUT2D eigenvalue weighted by molar-refractivity contribution is -0.274. The van der Waals surface area contributed by atoms with Gasteiger partial charge in [-0.25, -0.2) is 0 Å². The van der Waals surface area contributed by atoms with E-state index in [2.05, 4.69) is 14.6 Å². The van der Waals surface area contributed by atoms with Crippen LogP contribution in [0, 0.1) is 5.92 Å². The molecule has 0 fully saturated rings. The summed E-state index contributed by atoms with van der Waals surface area (Å²) in [6, 6.07) is 19.2. The summed E-state index contributed by atoms with van der Waals surface area (Å²) in [7, 11) is 0. The van der Waals surface area contributed by atoms with E-state index in [1.54, 1.807) is 0 Å². The molecule has 2 unspecified atom stereocenters. The number of aryl methyl sites for hydroxylation is 1. The molecule has 0 aliphatic carbocycles. The van der Waals surface area contributed by atoms with Crippen LogP contribution in [0.4, 0.5) is 18.9 Å². The molecule has 30 heavy (non-hydrogen) atoms. The number of nitrogens with one attached hydrogen (secondary N) is 1. The Morgan fingerprint density at radius 3 is 2.43 bits per heavy atom. The van der Waals surface area contributed by atoms with Gasteiger partial charge in [0.1, 0.15) is 5.75 Å². The van der Waals surface area contributed by atoms with Crippen LogP contribution in [0.3, 0.4) is 0 Å². The van der Waals surface area contributed by atoms with Crippen LogP contribution in [0.25, 0.3) is 0 Å². The number of anilines is 1. The number of amides is 1. The zero-order valence-electron chi connectivity index (χ0n) is 16.1. The second kappa shape index (κ2) is 8.26. The molecule has 0 saturated carbocycles. The Kier molecular flexibility index (Phi) is 5.53. The Balaban J connectivity index is 1.57. The van der Waals surface area contributed by atoms with E-state index in [1.165, 1.54) is 24.3 Å². The topological polar surface area (TPSA) is 43.3 Å². The summed E-state index contributed by atoms with van der Waals surface area (Å²) in [4.78, 5) is 13.2. The van der Waals surface area contributed by atoms with Crippen molar-refractivity contribution in [3.8, 4) is 5.75 Å². The SMILES string of the molecule is O=C(Nc1ccc(OC(F)(F)F)cc1)C1CCCn2cccc2C1c1ccccc1. The van der Waals surface area contributed by atoms with Gasteiger partial charge in [-0.15, -0.1) is 13.2 Å². The van der Waals surface area contributed by atoms with Gasteiger partial charge in [-0.05, 0) is 54.8 Å². The van der Waals surface area contributed by atoms with E-state index < -0.39 is 6.36 Å². The first-order valence-electron chi connectivity index (χ1n) is 9.77. The molecule has 2 heterocycles. The van der Waals surface area contributed by atoms with Crippen LogP contribution in [-0.4, -0.2) is 16.8 Å². The fourth-order valence-electron chi connectivity index (χ4n) is 4.09. The van der Waals surface area contributed by atoms with Crippen molar-refractivity contribution in [2.24, 2.45) is 5.92 Å². The predicted molar refractivity (Wildman–Crippen MR) is 107 cm³/mol. The van der Waals surface area contributed by atoms with Crippen molar-refractivity contribution in [1.29, 1.82) is 0 Å². The first kappa shape index (κ1) is 20.1. The number of alkyl halides is 3. The molecule has 156 valence electrons. The molecule has 7 heteroatoms. The van der Waals surface area contributed by atoms with Gasteiger partial charge in [0.05, 0.1) is 5.92 Å². The lowest BCUT2D eigenvalue weighted by Crippen LogP contribution is -2.28. The highest BCUT2D eigenvalue weighted by molar-refractivity contribution is 5.93. The van der Waals surface area contributed by atoms with Crippen molar-refractivity contribution in [2.45, 2.75) is 31.7 Å². The smallest absolute Gasteiger partial charge is 0.406 e. The molecule has 0 radical (unpaired) electrons. The third-order valence-electron chi connectivity index (χ3n) is 5.35. The number of rotatable bonds is 4. The Bertz CT molecular complexity index is 997. The largest absolute Gasteiger partial charge is 0.573 e. The highest BCUT2D eigenvalue weighted by Gasteiger charge is 2.34. The number of carbonyl (C=O) groups excluding carboxylic acids is 1. The number of carbonyl (C=O) groups is 1. The van der Waals surface area contributed by atoms with E-state index in [4.69, 9.17) is 0 Å². The minimum atomic E-state index is -4.75. The third-order valence-corrected chi connectivity index (χ3v) is 5.35. The maximum atomic E-state index is 13.2. The Morgan fingerprint density at radius 1 is 1.00 bits per heavy atom. The minimum absolute atomic E-state index is 0.100. The predicted octanol–water partition coefficient (Wildman–Crippen LogP) is 5.57. The van der Waals surface area contributed by atoms with Crippen LogP contribution in [-0.2, 0) is 11.3 Å². The summed E-state index contributed by atoms with van der Waals surface area (Å²) in [6.45, 7) is 0.846. The van der Waals surface area contributed by atoms with E-state index >= 15 is 0 Å². The molecule has 3 aromatic rings. The summed E-state index contributed by atoms with van der Waals surface area (Å²) in [6.07, 6.45) is -1.14. The molecule has 1 amide bonds. The Morgan fingerprint density at radius 2 is 1.73 bits per heavy atom. The van der Waals surface area contributed by atoms with Crippen LogP contribution in [0.5, 0.6) is 5.75 Å². The highest BCUT2D eigenvalue weighted by Crippen LogP contribution is 2.38. The van der Waals surface area contributed by atoms with Gasteiger partial charge in [-0.1, -0.05) is 30.3 Å². The molecule has 1 aromatic heterocycles. The number of hydrogen-bond donors (Lipinski definition) is 1. The summed E-state index contributed by atoms with van der Waals surface area (Å²) < 4.78 is 43.1. The normalized spacial score (nSPS) is 18.9. The van der Waals surface area contributed by atoms with Gasteiger partial charge < -0.3 is 14.6 Å². The lowest BCUT2D eigenvalue weighted by Gasteiger charge is -2.25. The van der Waals surface area contributed by atoms with E-state index in [9.17, 15) is 18.0 Å². The van der Waals surface area contributed by atoms with Crippen LogP contribution in [0.2, 0.25) is 0 Å². The van der Waals surface area contributed by atoms with E-state index in [0.717, 1.165) is 24.2 Å². The number of benzene rings is 2. The first-order chi connectivity index (χ1) is 14.4.